The summed E-state index contributed by atoms with van der Waals surface area (Å²) >= 11 is 0. The summed E-state index contributed by atoms with van der Waals surface area (Å²) in [6, 6.07) is 25.2. The first-order valence-corrected chi connectivity index (χ1v) is 10.3. The SMILES string of the molecule is CC(C)(C)c1ccc(OCC2CO2)c(N(C(=O)c2ccccc2)c2ccccc2)c1. The molecule has 30 heavy (non-hydrogen) atoms. The molecule has 3 aromatic rings. The van der Waals surface area contributed by atoms with E-state index in [2.05, 4.69) is 32.9 Å². The Bertz CT molecular complexity index is 1010. The van der Waals surface area contributed by atoms with Crippen molar-refractivity contribution in [3.63, 3.8) is 0 Å². The zero-order valence-corrected chi connectivity index (χ0v) is 17.7. The molecule has 1 saturated heterocycles. The maximum absolute atomic E-state index is 13.7. The highest BCUT2D eigenvalue weighted by Gasteiger charge is 2.28. The first-order chi connectivity index (χ1) is 14.4. The lowest BCUT2D eigenvalue weighted by atomic mass is 9.86. The monoisotopic (exact) mass is 401 g/mol. The van der Waals surface area contributed by atoms with Crippen LogP contribution in [0.25, 0.3) is 0 Å². The van der Waals surface area contributed by atoms with Gasteiger partial charge in [0, 0.05) is 11.3 Å². The van der Waals surface area contributed by atoms with Crippen molar-refractivity contribution in [3.8, 4) is 5.75 Å². The van der Waals surface area contributed by atoms with Gasteiger partial charge in [0.25, 0.3) is 5.91 Å². The van der Waals surface area contributed by atoms with Crippen molar-refractivity contribution in [2.24, 2.45) is 0 Å². The van der Waals surface area contributed by atoms with E-state index in [9.17, 15) is 4.79 Å². The summed E-state index contributed by atoms with van der Waals surface area (Å²) in [5.74, 6) is 0.576. The average molecular weight is 402 g/mol. The van der Waals surface area contributed by atoms with Crippen LogP contribution in [0.5, 0.6) is 5.75 Å². The van der Waals surface area contributed by atoms with Crippen molar-refractivity contribution < 1.29 is 14.3 Å². The zero-order chi connectivity index (χ0) is 21.1. The molecule has 0 radical (unpaired) electrons. The van der Waals surface area contributed by atoms with E-state index in [4.69, 9.17) is 9.47 Å². The third-order valence-corrected chi connectivity index (χ3v) is 5.13. The minimum absolute atomic E-state index is 0.0644. The molecular formula is C26H27NO3. The Morgan fingerprint density at radius 2 is 1.63 bits per heavy atom. The number of hydrogen-bond acceptors (Lipinski definition) is 3. The maximum Gasteiger partial charge on any atom is 0.262 e. The van der Waals surface area contributed by atoms with Crippen LogP contribution in [0.15, 0.2) is 78.9 Å². The van der Waals surface area contributed by atoms with E-state index < -0.39 is 0 Å². The van der Waals surface area contributed by atoms with Gasteiger partial charge in [-0.1, -0.05) is 63.2 Å². The first-order valence-electron chi connectivity index (χ1n) is 10.3. The van der Waals surface area contributed by atoms with Gasteiger partial charge in [-0.05, 0) is 47.4 Å². The molecule has 0 spiro atoms. The summed E-state index contributed by atoms with van der Waals surface area (Å²) in [6.07, 6.45) is 0.134. The lowest BCUT2D eigenvalue weighted by molar-refractivity contribution is 0.0998. The number of carbonyl (C=O) groups excluding carboxylic acids is 1. The van der Waals surface area contributed by atoms with Crippen LogP contribution in [-0.4, -0.2) is 25.2 Å². The Morgan fingerprint density at radius 1 is 1.00 bits per heavy atom. The van der Waals surface area contributed by atoms with Gasteiger partial charge >= 0.3 is 0 Å². The molecule has 1 heterocycles. The molecule has 1 amide bonds. The Morgan fingerprint density at radius 3 is 2.23 bits per heavy atom. The molecule has 1 unspecified atom stereocenters. The Kier molecular flexibility index (Phi) is 5.60. The lowest BCUT2D eigenvalue weighted by Gasteiger charge is -2.28. The molecule has 0 aliphatic carbocycles. The van der Waals surface area contributed by atoms with Gasteiger partial charge in [-0.25, -0.2) is 0 Å². The van der Waals surface area contributed by atoms with E-state index in [1.54, 1.807) is 4.90 Å². The van der Waals surface area contributed by atoms with Gasteiger partial charge in [0.05, 0.1) is 12.3 Å². The van der Waals surface area contributed by atoms with Crippen LogP contribution in [0.3, 0.4) is 0 Å². The van der Waals surface area contributed by atoms with Gasteiger partial charge in [-0.3, -0.25) is 9.69 Å². The van der Waals surface area contributed by atoms with Gasteiger partial charge in [0.2, 0.25) is 0 Å². The maximum atomic E-state index is 13.7. The third kappa shape index (κ3) is 4.55. The molecule has 154 valence electrons. The molecule has 1 atom stereocenters. The van der Waals surface area contributed by atoms with Crippen LogP contribution < -0.4 is 9.64 Å². The molecular weight excluding hydrogens is 374 g/mol. The van der Waals surface area contributed by atoms with E-state index in [1.165, 1.54) is 0 Å². The second-order valence-electron chi connectivity index (χ2n) is 8.54. The summed E-state index contributed by atoms with van der Waals surface area (Å²) in [5.41, 5.74) is 3.23. The second-order valence-corrected chi connectivity index (χ2v) is 8.54. The number of carbonyl (C=O) groups is 1. The number of epoxide rings is 1. The predicted octanol–water partition coefficient (Wildman–Crippen LogP) is 5.74. The summed E-state index contributed by atoms with van der Waals surface area (Å²) in [4.78, 5) is 15.4. The summed E-state index contributed by atoms with van der Waals surface area (Å²) in [5, 5.41) is 0. The largest absolute Gasteiger partial charge is 0.489 e. The van der Waals surface area contributed by atoms with Crippen LogP contribution in [0.2, 0.25) is 0 Å². The highest BCUT2D eigenvalue weighted by atomic mass is 16.6. The molecule has 4 nitrogen and oxygen atoms in total. The van der Waals surface area contributed by atoms with E-state index in [1.807, 2.05) is 66.7 Å². The predicted molar refractivity (Wildman–Crippen MR) is 120 cm³/mol. The fourth-order valence-electron chi connectivity index (χ4n) is 3.28. The zero-order valence-electron chi connectivity index (χ0n) is 17.7. The highest BCUT2D eigenvalue weighted by molar-refractivity contribution is 6.11. The van der Waals surface area contributed by atoms with Crippen molar-refractivity contribution in [1.29, 1.82) is 0 Å². The highest BCUT2D eigenvalue weighted by Crippen LogP contribution is 2.39. The Labute approximate surface area is 178 Å². The molecule has 4 rings (SSSR count). The lowest BCUT2D eigenvalue weighted by Crippen LogP contribution is -2.27. The van der Waals surface area contributed by atoms with Crippen molar-refractivity contribution in [1.82, 2.24) is 0 Å². The van der Waals surface area contributed by atoms with Crippen molar-refractivity contribution in [2.75, 3.05) is 18.1 Å². The first kappa shape index (κ1) is 20.2. The molecule has 3 aromatic carbocycles. The Hall–Kier alpha value is -3.11. The van der Waals surface area contributed by atoms with E-state index in [0.717, 1.165) is 23.5 Å². The number of nitrogens with zero attached hydrogens (tertiary/aromatic N) is 1. The number of hydrogen-bond donors (Lipinski definition) is 0. The summed E-state index contributed by atoms with van der Waals surface area (Å²) in [6.45, 7) is 7.69. The van der Waals surface area contributed by atoms with Crippen LogP contribution >= 0.6 is 0 Å². The molecule has 1 aliphatic rings. The number of anilines is 2. The molecule has 1 fully saturated rings. The van der Waals surface area contributed by atoms with Gasteiger partial charge in [0.15, 0.2) is 0 Å². The molecule has 0 N–H and O–H groups in total. The van der Waals surface area contributed by atoms with Crippen LogP contribution in [0.1, 0.15) is 36.7 Å². The fraction of sp³-hybridized carbons (Fsp3) is 0.269. The molecule has 1 aliphatic heterocycles. The van der Waals surface area contributed by atoms with Crippen LogP contribution in [-0.2, 0) is 10.2 Å². The van der Waals surface area contributed by atoms with Gasteiger partial charge in [-0.2, -0.15) is 0 Å². The summed E-state index contributed by atoms with van der Waals surface area (Å²) in [7, 11) is 0. The van der Waals surface area contributed by atoms with Crippen LogP contribution in [0.4, 0.5) is 11.4 Å². The van der Waals surface area contributed by atoms with Gasteiger partial charge < -0.3 is 9.47 Å². The van der Waals surface area contributed by atoms with E-state index >= 15 is 0 Å². The number of para-hydroxylation sites is 1. The molecule has 0 aromatic heterocycles. The smallest absolute Gasteiger partial charge is 0.262 e. The standard InChI is InChI=1S/C26H27NO3/c1-26(2,3)20-14-15-24(30-18-22-17-29-22)23(16-20)27(21-12-8-5-9-13-21)25(28)19-10-6-4-7-11-19/h4-16,22H,17-18H2,1-3H3. The molecule has 0 bridgehead atoms. The topological polar surface area (TPSA) is 42.1 Å². The number of amides is 1. The van der Waals surface area contributed by atoms with Crippen molar-refractivity contribution in [3.05, 3.63) is 90.0 Å². The van der Waals surface area contributed by atoms with Crippen molar-refractivity contribution in [2.45, 2.75) is 32.3 Å². The minimum atomic E-state index is -0.0969. The minimum Gasteiger partial charge on any atom is -0.489 e. The number of benzene rings is 3. The van der Waals surface area contributed by atoms with E-state index in [0.29, 0.717) is 17.9 Å². The quantitative estimate of drug-likeness (QED) is 0.495. The normalized spacial score (nSPS) is 15.5. The Balaban J connectivity index is 1.84. The molecule has 0 saturated carbocycles. The summed E-state index contributed by atoms with van der Waals surface area (Å²) < 4.78 is 11.4. The van der Waals surface area contributed by atoms with Crippen molar-refractivity contribution >= 4 is 17.3 Å². The van der Waals surface area contributed by atoms with E-state index in [-0.39, 0.29) is 17.4 Å². The van der Waals surface area contributed by atoms with Crippen LogP contribution in [0, 0.1) is 0 Å². The van der Waals surface area contributed by atoms with Gasteiger partial charge in [0.1, 0.15) is 18.5 Å². The second kappa shape index (κ2) is 8.33. The third-order valence-electron chi connectivity index (χ3n) is 5.13. The number of ether oxygens (including phenoxy) is 2. The molecule has 4 heteroatoms. The fourth-order valence-corrected chi connectivity index (χ4v) is 3.28. The van der Waals surface area contributed by atoms with Gasteiger partial charge in [-0.15, -0.1) is 0 Å². The number of rotatable bonds is 6. The average Bonchev–Trinajstić information content (AvgIpc) is 3.58.